The Morgan fingerprint density at radius 2 is 1.88 bits per heavy atom. The summed E-state index contributed by atoms with van der Waals surface area (Å²) in [5, 5.41) is 3.42. The van der Waals surface area contributed by atoms with Crippen LogP contribution in [-0.4, -0.2) is 33.9 Å². The zero-order valence-electron chi connectivity index (χ0n) is 11.2. The highest BCUT2D eigenvalue weighted by atomic mass is 16.5. The van der Waals surface area contributed by atoms with Crippen molar-refractivity contribution < 1.29 is 4.74 Å². The van der Waals surface area contributed by atoms with E-state index in [9.17, 15) is 0 Å². The predicted octanol–water partition coefficient (Wildman–Crippen LogP) is 2.27. The first kappa shape index (κ1) is 14.0. The quantitative estimate of drug-likeness (QED) is 0.701. The van der Waals surface area contributed by atoms with Crippen LogP contribution < -0.4 is 10.2 Å². The Balaban J connectivity index is 2.19. The van der Waals surface area contributed by atoms with Gasteiger partial charge in [0.05, 0.1) is 0 Å². The molecule has 0 spiro atoms. The van der Waals surface area contributed by atoms with Crippen molar-refractivity contribution in [3.63, 3.8) is 0 Å². The van der Waals surface area contributed by atoms with Gasteiger partial charge in [0, 0.05) is 39.5 Å². The second-order valence-corrected chi connectivity index (χ2v) is 4.29. The van der Waals surface area contributed by atoms with E-state index in [0.717, 1.165) is 32.7 Å². The minimum Gasteiger partial charge on any atom is -0.382 e. The molecule has 0 amide bonds. The van der Waals surface area contributed by atoms with E-state index in [4.69, 9.17) is 4.74 Å². The normalized spacial score (nSPS) is 10.5. The molecule has 3 heteroatoms. The van der Waals surface area contributed by atoms with E-state index < -0.39 is 0 Å². The first-order valence-corrected chi connectivity index (χ1v) is 6.28. The van der Waals surface area contributed by atoms with Gasteiger partial charge in [0.15, 0.2) is 0 Å². The molecule has 0 heterocycles. The van der Waals surface area contributed by atoms with Crippen molar-refractivity contribution in [3.05, 3.63) is 29.8 Å². The van der Waals surface area contributed by atoms with Gasteiger partial charge >= 0.3 is 0 Å². The standard InChI is InChI=1S/C14H24N2O/c1-4-17-11-5-10-15-12-13-6-8-14(9-7-13)16(2)3/h6-9,15H,4-5,10-12H2,1-3H3. The van der Waals surface area contributed by atoms with Gasteiger partial charge < -0.3 is 15.0 Å². The second kappa shape index (κ2) is 8.09. The fourth-order valence-electron chi connectivity index (χ4n) is 1.59. The number of hydrogen-bond acceptors (Lipinski definition) is 3. The summed E-state index contributed by atoms with van der Waals surface area (Å²) < 4.78 is 5.28. The Kier molecular flexibility index (Phi) is 6.67. The fraction of sp³-hybridized carbons (Fsp3) is 0.571. The van der Waals surface area contributed by atoms with Crippen molar-refractivity contribution in [3.8, 4) is 0 Å². The molecular weight excluding hydrogens is 212 g/mol. The topological polar surface area (TPSA) is 24.5 Å². The lowest BCUT2D eigenvalue weighted by atomic mass is 10.2. The van der Waals surface area contributed by atoms with E-state index >= 15 is 0 Å². The van der Waals surface area contributed by atoms with Crippen molar-refractivity contribution in [1.29, 1.82) is 0 Å². The zero-order chi connectivity index (χ0) is 12.5. The van der Waals surface area contributed by atoms with Crippen LogP contribution in [0.15, 0.2) is 24.3 Å². The summed E-state index contributed by atoms with van der Waals surface area (Å²) >= 11 is 0. The number of rotatable bonds is 8. The van der Waals surface area contributed by atoms with Crippen LogP contribution in [-0.2, 0) is 11.3 Å². The summed E-state index contributed by atoms with van der Waals surface area (Å²) in [5.74, 6) is 0. The summed E-state index contributed by atoms with van der Waals surface area (Å²) in [5.41, 5.74) is 2.57. The van der Waals surface area contributed by atoms with E-state index in [-0.39, 0.29) is 0 Å². The number of benzene rings is 1. The summed E-state index contributed by atoms with van der Waals surface area (Å²) in [4.78, 5) is 2.11. The molecule has 1 aromatic rings. The Hall–Kier alpha value is -1.06. The van der Waals surface area contributed by atoms with Gasteiger partial charge in [-0.15, -0.1) is 0 Å². The van der Waals surface area contributed by atoms with Crippen LogP contribution >= 0.6 is 0 Å². The van der Waals surface area contributed by atoms with E-state index in [0.29, 0.717) is 0 Å². The fourth-order valence-corrected chi connectivity index (χ4v) is 1.59. The molecule has 0 aliphatic rings. The largest absolute Gasteiger partial charge is 0.382 e. The average molecular weight is 236 g/mol. The van der Waals surface area contributed by atoms with Gasteiger partial charge in [0.2, 0.25) is 0 Å². The van der Waals surface area contributed by atoms with E-state index in [1.807, 2.05) is 6.92 Å². The summed E-state index contributed by atoms with van der Waals surface area (Å²) in [6.45, 7) is 5.63. The Bertz CT molecular complexity index is 296. The van der Waals surface area contributed by atoms with Gasteiger partial charge in [-0.25, -0.2) is 0 Å². The molecule has 0 aliphatic heterocycles. The number of hydrogen-bond donors (Lipinski definition) is 1. The van der Waals surface area contributed by atoms with E-state index in [2.05, 4.69) is 48.6 Å². The highest BCUT2D eigenvalue weighted by Crippen LogP contribution is 2.11. The lowest BCUT2D eigenvalue weighted by Gasteiger charge is -2.12. The molecule has 96 valence electrons. The Morgan fingerprint density at radius 3 is 2.47 bits per heavy atom. The summed E-state index contributed by atoms with van der Waals surface area (Å²) in [6.07, 6.45) is 1.07. The number of nitrogens with one attached hydrogen (secondary N) is 1. The molecule has 0 unspecified atom stereocenters. The minimum atomic E-state index is 0.812. The van der Waals surface area contributed by atoms with Gasteiger partial charge in [-0.1, -0.05) is 12.1 Å². The smallest absolute Gasteiger partial charge is 0.0477 e. The van der Waals surface area contributed by atoms with Crippen molar-refractivity contribution in [2.24, 2.45) is 0 Å². The van der Waals surface area contributed by atoms with Gasteiger partial charge in [-0.2, -0.15) is 0 Å². The first-order chi connectivity index (χ1) is 8.24. The van der Waals surface area contributed by atoms with Gasteiger partial charge in [-0.3, -0.25) is 0 Å². The van der Waals surface area contributed by atoms with Gasteiger partial charge in [0.25, 0.3) is 0 Å². The highest BCUT2D eigenvalue weighted by molar-refractivity contribution is 5.45. The molecule has 1 rings (SSSR count). The molecule has 0 saturated carbocycles. The summed E-state index contributed by atoms with van der Waals surface area (Å²) in [6, 6.07) is 8.64. The number of ether oxygens (including phenoxy) is 1. The van der Waals surface area contributed by atoms with Crippen molar-refractivity contribution in [1.82, 2.24) is 5.32 Å². The number of anilines is 1. The van der Waals surface area contributed by atoms with Crippen molar-refractivity contribution in [2.45, 2.75) is 19.9 Å². The summed E-state index contributed by atoms with van der Waals surface area (Å²) in [7, 11) is 4.11. The van der Waals surface area contributed by atoms with Crippen LogP contribution in [0.2, 0.25) is 0 Å². The molecule has 1 aromatic carbocycles. The second-order valence-electron chi connectivity index (χ2n) is 4.29. The molecule has 0 atom stereocenters. The first-order valence-electron chi connectivity index (χ1n) is 6.28. The van der Waals surface area contributed by atoms with Crippen molar-refractivity contribution in [2.75, 3.05) is 38.8 Å². The van der Waals surface area contributed by atoms with E-state index in [1.165, 1.54) is 11.3 Å². The molecule has 0 aliphatic carbocycles. The molecule has 0 fully saturated rings. The van der Waals surface area contributed by atoms with Crippen LogP contribution in [0.3, 0.4) is 0 Å². The maximum absolute atomic E-state index is 5.28. The van der Waals surface area contributed by atoms with Crippen LogP contribution in [0.1, 0.15) is 18.9 Å². The molecule has 17 heavy (non-hydrogen) atoms. The molecule has 0 aromatic heterocycles. The third-order valence-electron chi connectivity index (χ3n) is 2.63. The third kappa shape index (κ3) is 5.71. The SMILES string of the molecule is CCOCCCNCc1ccc(N(C)C)cc1. The minimum absolute atomic E-state index is 0.812. The van der Waals surface area contributed by atoms with Crippen LogP contribution in [0, 0.1) is 0 Å². The molecule has 1 N–H and O–H groups in total. The number of nitrogens with zero attached hydrogens (tertiary/aromatic N) is 1. The molecule has 0 saturated heterocycles. The van der Waals surface area contributed by atoms with Gasteiger partial charge in [0.1, 0.15) is 0 Å². The average Bonchev–Trinajstić information content (AvgIpc) is 2.34. The zero-order valence-corrected chi connectivity index (χ0v) is 11.2. The van der Waals surface area contributed by atoms with Crippen LogP contribution in [0.4, 0.5) is 5.69 Å². The van der Waals surface area contributed by atoms with Gasteiger partial charge in [-0.05, 0) is 37.6 Å². The predicted molar refractivity (Wildman–Crippen MR) is 73.6 cm³/mol. The maximum atomic E-state index is 5.28. The monoisotopic (exact) mass is 236 g/mol. The van der Waals surface area contributed by atoms with Crippen molar-refractivity contribution >= 4 is 5.69 Å². The van der Waals surface area contributed by atoms with Crippen LogP contribution in [0.5, 0.6) is 0 Å². The molecule has 0 radical (unpaired) electrons. The lowest BCUT2D eigenvalue weighted by molar-refractivity contribution is 0.144. The highest BCUT2D eigenvalue weighted by Gasteiger charge is 1.96. The van der Waals surface area contributed by atoms with E-state index in [1.54, 1.807) is 0 Å². The van der Waals surface area contributed by atoms with Crippen LogP contribution in [0.25, 0.3) is 0 Å². The third-order valence-corrected chi connectivity index (χ3v) is 2.63. The molecular formula is C14H24N2O. The Labute approximate surface area is 105 Å². The lowest BCUT2D eigenvalue weighted by Crippen LogP contribution is -2.16. The maximum Gasteiger partial charge on any atom is 0.0477 e. The Morgan fingerprint density at radius 1 is 1.18 bits per heavy atom. The molecule has 3 nitrogen and oxygen atoms in total. The molecule has 0 bridgehead atoms.